The summed E-state index contributed by atoms with van der Waals surface area (Å²) in [6.07, 6.45) is 4.65. The molecule has 1 aromatic heterocycles. The first kappa shape index (κ1) is 16.0. The van der Waals surface area contributed by atoms with Gasteiger partial charge in [0.25, 0.3) is 0 Å². The van der Waals surface area contributed by atoms with Crippen LogP contribution in [0.2, 0.25) is 5.02 Å². The molecule has 4 nitrogen and oxygen atoms in total. The van der Waals surface area contributed by atoms with Gasteiger partial charge in [-0.25, -0.2) is 4.79 Å². The van der Waals surface area contributed by atoms with Crippen LogP contribution in [0.5, 0.6) is 5.75 Å². The third kappa shape index (κ3) is 4.07. The van der Waals surface area contributed by atoms with Gasteiger partial charge in [0.05, 0.1) is 15.2 Å². The number of nitrogens with zero attached hydrogens (tertiary/aromatic N) is 1. The van der Waals surface area contributed by atoms with Crippen LogP contribution in [-0.2, 0) is 9.53 Å². The van der Waals surface area contributed by atoms with Gasteiger partial charge in [0.1, 0.15) is 12.1 Å². The highest BCUT2D eigenvalue weighted by molar-refractivity contribution is 14.1. The lowest BCUT2D eigenvalue weighted by Crippen LogP contribution is -2.02. The molecular formula is C15H13ClINO3. The molecule has 0 N–H and O–H groups in total. The lowest BCUT2D eigenvalue weighted by atomic mass is 10.2. The summed E-state index contributed by atoms with van der Waals surface area (Å²) in [6, 6.07) is 5.55. The maximum atomic E-state index is 11.2. The first-order valence-electron chi connectivity index (χ1n) is 6.32. The van der Waals surface area contributed by atoms with E-state index in [1.165, 1.54) is 6.08 Å². The quantitative estimate of drug-likeness (QED) is 0.419. The zero-order valence-electron chi connectivity index (χ0n) is 11.3. The highest BCUT2D eigenvalue weighted by atomic mass is 127. The van der Waals surface area contributed by atoms with Crippen molar-refractivity contribution in [1.82, 2.24) is 4.98 Å². The second-order valence-corrected chi connectivity index (χ2v) is 5.60. The molecule has 0 aliphatic carbocycles. The molecular weight excluding hydrogens is 405 g/mol. The Kier molecular flexibility index (Phi) is 5.81. The molecule has 0 saturated carbocycles. The van der Waals surface area contributed by atoms with Crippen LogP contribution < -0.4 is 4.74 Å². The van der Waals surface area contributed by atoms with Crippen LogP contribution in [0.1, 0.15) is 6.92 Å². The standard InChI is InChI=1S/C15H13ClINO3/c1-2-20-13(19)6-4-8-21-15-12(17)9-11(16)10-5-3-7-18-14(10)15/h3-7,9H,2,8H2,1H3/b6-4+. The number of esters is 1. The zero-order chi connectivity index (χ0) is 15.2. The molecule has 2 rings (SSSR count). The number of halogens is 2. The SMILES string of the molecule is CCOC(=O)/C=C/COc1c(I)cc(Cl)c2cccnc12. The van der Waals surface area contributed by atoms with Crippen LogP contribution in [0.25, 0.3) is 10.9 Å². The molecule has 1 aromatic carbocycles. The second kappa shape index (κ2) is 7.61. The minimum absolute atomic E-state index is 0.252. The van der Waals surface area contributed by atoms with Crippen LogP contribution in [0.15, 0.2) is 36.5 Å². The van der Waals surface area contributed by atoms with Gasteiger partial charge in [-0.2, -0.15) is 0 Å². The first-order valence-corrected chi connectivity index (χ1v) is 7.78. The Bertz CT molecular complexity index is 688. The van der Waals surface area contributed by atoms with Gasteiger partial charge < -0.3 is 9.47 Å². The van der Waals surface area contributed by atoms with Gasteiger partial charge in [0.15, 0.2) is 5.75 Å². The van der Waals surface area contributed by atoms with Crippen LogP contribution in [-0.4, -0.2) is 24.2 Å². The summed E-state index contributed by atoms with van der Waals surface area (Å²) < 4.78 is 11.4. The minimum atomic E-state index is -0.380. The van der Waals surface area contributed by atoms with Crippen molar-refractivity contribution in [2.45, 2.75) is 6.92 Å². The van der Waals surface area contributed by atoms with Gasteiger partial charge in [-0.3, -0.25) is 4.98 Å². The summed E-state index contributed by atoms with van der Waals surface area (Å²) in [5, 5.41) is 1.47. The number of rotatable bonds is 5. The van der Waals surface area contributed by atoms with E-state index < -0.39 is 0 Å². The number of hydrogen-bond donors (Lipinski definition) is 0. The van der Waals surface area contributed by atoms with Crippen LogP contribution in [0.4, 0.5) is 0 Å². The van der Waals surface area contributed by atoms with E-state index in [1.54, 1.807) is 19.2 Å². The summed E-state index contributed by atoms with van der Waals surface area (Å²) in [5.41, 5.74) is 0.707. The van der Waals surface area contributed by atoms with Gasteiger partial charge in [0.2, 0.25) is 0 Å². The van der Waals surface area contributed by atoms with E-state index >= 15 is 0 Å². The maximum absolute atomic E-state index is 11.2. The third-order valence-corrected chi connectivity index (χ3v) is 3.73. The van der Waals surface area contributed by atoms with Crippen molar-refractivity contribution in [3.63, 3.8) is 0 Å². The highest BCUT2D eigenvalue weighted by Crippen LogP contribution is 2.34. The van der Waals surface area contributed by atoms with E-state index in [0.29, 0.717) is 22.9 Å². The molecule has 0 radical (unpaired) electrons. The number of ether oxygens (including phenoxy) is 2. The monoisotopic (exact) mass is 417 g/mol. The molecule has 0 unspecified atom stereocenters. The average Bonchev–Trinajstić information content (AvgIpc) is 2.46. The van der Waals surface area contributed by atoms with E-state index in [-0.39, 0.29) is 12.6 Å². The first-order chi connectivity index (χ1) is 10.1. The molecule has 6 heteroatoms. The maximum Gasteiger partial charge on any atom is 0.330 e. The Morgan fingerprint density at radius 1 is 1.52 bits per heavy atom. The van der Waals surface area contributed by atoms with Crippen LogP contribution in [0, 0.1) is 3.57 Å². The molecule has 0 spiro atoms. The second-order valence-electron chi connectivity index (χ2n) is 4.03. The van der Waals surface area contributed by atoms with Gasteiger partial charge in [0, 0.05) is 17.7 Å². The number of carbonyl (C=O) groups excluding carboxylic acids is 1. The molecule has 2 aromatic rings. The van der Waals surface area contributed by atoms with Crippen molar-refractivity contribution in [2.24, 2.45) is 0 Å². The number of carbonyl (C=O) groups is 1. The van der Waals surface area contributed by atoms with E-state index in [9.17, 15) is 4.79 Å². The molecule has 0 atom stereocenters. The van der Waals surface area contributed by atoms with E-state index in [1.807, 2.05) is 18.2 Å². The predicted octanol–water partition coefficient (Wildman–Crippen LogP) is 3.99. The van der Waals surface area contributed by atoms with Gasteiger partial charge in [-0.15, -0.1) is 0 Å². The fraction of sp³-hybridized carbons (Fsp3) is 0.200. The molecule has 110 valence electrons. The molecule has 0 fully saturated rings. The van der Waals surface area contributed by atoms with Crippen LogP contribution >= 0.6 is 34.2 Å². The number of fused-ring (bicyclic) bond motifs is 1. The van der Waals surface area contributed by atoms with E-state index in [4.69, 9.17) is 21.1 Å². The van der Waals surface area contributed by atoms with Crippen molar-refractivity contribution in [2.75, 3.05) is 13.2 Å². The van der Waals surface area contributed by atoms with Gasteiger partial charge in [-0.05, 0) is 53.8 Å². The van der Waals surface area contributed by atoms with Gasteiger partial charge in [-0.1, -0.05) is 11.6 Å². The van der Waals surface area contributed by atoms with Gasteiger partial charge >= 0.3 is 5.97 Å². The molecule has 0 aliphatic rings. The molecule has 0 amide bonds. The van der Waals surface area contributed by atoms with Crippen LogP contribution in [0.3, 0.4) is 0 Å². The van der Waals surface area contributed by atoms with Crippen molar-refractivity contribution in [3.05, 3.63) is 45.1 Å². The third-order valence-electron chi connectivity index (χ3n) is 2.61. The van der Waals surface area contributed by atoms with Crippen molar-refractivity contribution >= 4 is 51.1 Å². The predicted molar refractivity (Wildman–Crippen MR) is 90.7 cm³/mol. The minimum Gasteiger partial charge on any atom is -0.486 e. The summed E-state index contributed by atoms with van der Waals surface area (Å²) >= 11 is 8.34. The van der Waals surface area contributed by atoms with E-state index in [0.717, 1.165) is 8.96 Å². The Labute approximate surface area is 141 Å². The molecule has 0 saturated heterocycles. The van der Waals surface area contributed by atoms with Crippen molar-refractivity contribution < 1.29 is 14.3 Å². The Morgan fingerprint density at radius 2 is 2.33 bits per heavy atom. The Morgan fingerprint density at radius 3 is 3.10 bits per heavy atom. The lowest BCUT2D eigenvalue weighted by Gasteiger charge is -2.10. The number of pyridine rings is 1. The molecule has 21 heavy (non-hydrogen) atoms. The fourth-order valence-corrected chi connectivity index (χ4v) is 2.92. The fourth-order valence-electron chi connectivity index (χ4n) is 1.75. The Balaban J connectivity index is 2.17. The molecule has 0 bridgehead atoms. The highest BCUT2D eigenvalue weighted by Gasteiger charge is 2.11. The number of aromatic nitrogens is 1. The largest absolute Gasteiger partial charge is 0.486 e. The lowest BCUT2D eigenvalue weighted by molar-refractivity contribution is -0.137. The van der Waals surface area contributed by atoms with Crippen molar-refractivity contribution in [3.8, 4) is 5.75 Å². The van der Waals surface area contributed by atoms with E-state index in [2.05, 4.69) is 27.6 Å². The molecule has 0 aliphatic heterocycles. The number of hydrogen-bond acceptors (Lipinski definition) is 4. The summed E-state index contributed by atoms with van der Waals surface area (Å²) in [4.78, 5) is 15.5. The summed E-state index contributed by atoms with van der Waals surface area (Å²) in [5.74, 6) is 0.277. The summed E-state index contributed by atoms with van der Waals surface area (Å²) in [6.45, 7) is 2.37. The Hall–Kier alpha value is -1.34. The normalized spacial score (nSPS) is 11.0. The van der Waals surface area contributed by atoms with Crippen molar-refractivity contribution in [1.29, 1.82) is 0 Å². The number of benzene rings is 1. The average molecular weight is 418 g/mol. The topological polar surface area (TPSA) is 48.4 Å². The summed E-state index contributed by atoms with van der Waals surface area (Å²) in [7, 11) is 0. The zero-order valence-corrected chi connectivity index (χ0v) is 14.2. The smallest absolute Gasteiger partial charge is 0.330 e. The molecule has 1 heterocycles.